The predicted octanol–water partition coefficient (Wildman–Crippen LogP) is 5.81. The van der Waals surface area contributed by atoms with Crippen molar-refractivity contribution in [1.29, 1.82) is 0 Å². The highest BCUT2D eigenvalue weighted by atomic mass is 32.1. The van der Waals surface area contributed by atoms with Crippen LogP contribution in [0.4, 0.5) is 4.39 Å². The van der Waals surface area contributed by atoms with Crippen LogP contribution in [0.15, 0.2) is 36.5 Å². The lowest BCUT2D eigenvalue weighted by atomic mass is 9.94. The third-order valence-corrected chi connectivity index (χ3v) is 9.10. The van der Waals surface area contributed by atoms with Gasteiger partial charge in [0.25, 0.3) is 5.91 Å². The number of hydrogen-bond donors (Lipinski definition) is 2. The molecule has 2 aliphatic rings. The Kier molecular flexibility index (Phi) is 7.20. The van der Waals surface area contributed by atoms with Crippen molar-refractivity contribution in [3.8, 4) is 11.3 Å². The molecule has 0 aliphatic carbocycles. The third-order valence-electron chi connectivity index (χ3n) is 8.08. The van der Waals surface area contributed by atoms with Crippen molar-refractivity contribution in [1.82, 2.24) is 24.9 Å². The van der Waals surface area contributed by atoms with Gasteiger partial charge in [0.15, 0.2) is 4.96 Å². The van der Waals surface area contributed by atoms with Crippen LogP contribution in [-0.2, 0) is 0 Å². The number of carbonyl (C=O) groups is 1. The second-order valence-electron chi connectivity index (χ2n) is 10.9. The summed E-state index contributed by atoms with van der Waals surface area (Å²) >= 11 is 1.62. The number of carbonyl (C=O) groups excluding carboxylic acids is 1. The smallest absolute Gasteiger partial charge is 0.251 e. The van der Waals surface area contributed by atoms with Crippen LogP contribution in [0, 0.1) is 13.8 Å². The van der Waals surface area contributed by atoms with Gasteiger partial charge in [-0.1, -0.05) is 23.5 Å². The molecule has 1 atom stereocenters. The molecule has 2 aromatic carbocycles. The fraction of sp³-hybridized carbons (Fsp3) is 0.467. The third kappa shape index (κ3) is 5.09. The largest absolute Gasteiger partial charge is 0.352 e. The van der Waals surface area contributed by atoms with E-state index in [1.807, 2.05) is 18.2 Å². The summed E-state index contributed by atoms with van der Waals surface area (Å²) in [5.41, 5.74) is 7.84. The lowest BCUT2D eigenvalue weighted by Gasteiger charge is -2.28. The predicted molar refractivity (Wildman–Crippen MR) is 153 cm³/mol. The van der Waals surface area contributed by atoms with Crippen molar-refractivity contribution in [3.05, 3.63) is 58.8 Å². The summed E-state index contributed by atoms with van der Waals surface area (Å²) < 4.78 is 16.5. The second kappa shape index (κ2) is 10.8. The number of aromatic nitrogens is 2. The maximum absolute atomic E-state index is 13.3. The zero-order valence-electron chi connectivity index (χ0n) is 22.2. The fourth-order valence-corrected chi connectivity index (χ4v) is 7.11. The molecule has 2 fully saturated rings. The van der Waals surface area contributed by atoms with Crippen LogP contribution in [0.1, 0.15) is 65.2 Å². The highest BCUT2D eigenvalue weighted by Gasteiger charge is 2.21. The number of thiazole rings is 1. The van der Waals surface area contributed by atoms with Gasteiger partial charge in [-0.05, 0) is 93.9 Å². The van der Waals surface area contributed by atoms with Crippen molar-refractivity contribution in [3.63, 3.8) is 0 Å². The molecule has 2 aliphatic heterocycles. The van der Waals surface area contributed by atoms with Gasteiger partial charge in [0, 0.05) is 43.0 Å². The highest BCUT2D eigenvalue weighted by Crippen LogP contribution is 2.35. The number of benzene rings is 2. The van der Waals surface area contributed by atoms with E-state index in [4.69, 9.17) is 4.98 Å². The Morgan fingerprint density at radius 1 is 1.16 bits per heavy atom. The van der Waals surface area contributed by atoms with Gasteiger partial charge in [0.2, 0.25) is 0 Å². The minimum absolute atomic E-state index is 0.0517. The molecule has 38 heavy (non-hydrogen) atoms. The van der Waals surface area contributed by atoms with Crippen LogP contribution < -0.4 is 10.6 Å². The van der Waals surface area contributed by atoms with Crippen molar-refractivity contribution in [2.75, 3.05) is 32.7 Å². The molecule has 2 aromatic heterocycles. The summed E-state index contributed by atoms with van der Waals surface area (Å²) in [6.45, 7) is 8.62. The van der Waals surface area contributed by atoms with E-state index in [-0.39, 0.29) is 5.91 Å². The van der Waals surface area contributed by atoms with Crippen molar-refractivity contribution < 1.29 is 9.18 Å². The normalized spacial score (nSPS) is 19.1. The van der Waals surface area contributed by atoms with Crippen molar-refractivity contribution in [2.45, 2.75) is 58.2 Å². The van der Waals surface area contributed by atoms with Gasteiger partial charge in [-0.2, -0.15) is 0 Å². The molecule has 2 saturated heterocycles. The molecule has 6 rings (SSSR count). The molecule has 0 bridgehead atoms. The maximum Gasteiger partial charge on any atom is 0.251 e. The molecule has 0 radical (unpaired) electrons. The zero-order valence-corrected chi connectivity index (χ0v) is 23.0. The number of likely N-dealkylation sites (tertiary alicyclic amines) is 1. The Bertz CT molecular complexity index is 1440. The van der Waals surface area contributed by atoms with Gasteiger partial charge in [0.05, 0.1) is 15.9 Å². The topological polar surface area (TPSA) is 61.7 Å². The maximum atomic E-state index is 13.3. The Morgan fingerprint density at radius 2 is 1.95 bits per heavy atom. The first kappa shape index (κ1) is 25.5. The van der Waals surface area contributed by atoms with Crippen molar-refractivity contribution >= 4 is 32.4 Å². The van der Waals surface area contributed by atoms with Crippen LogP contribution in [0.2, 0.25) is 0 Å². The van der Waals surface area contributed by atoms with Crippen molar-refractivity contribution in [2.24, 2.45) is 0 Å². The van der Waals surface area contributed by atoms with E-state index in [2.05, 4.69) is 52.1 Å². The molecule has 2 N–H and O–H groups in total. The number of aryl methyl sites for hydroxylation is 2. The monoisotopic (exact) mass is 533 g/mol. The number of alkyl halides is 1. The SMILES string of the molecule is Cc1cc([C@@H]2CCCN2)cc(C)c1-c1cn2c(n1)sc1cc(C(=O)NCCCN3CCC(F)CC3)ccc12. The van der Waals surface area contributed by atoms with Gasteiger partial charge in [0.1, 0.15) is 6.17 Å². The first-order valence-corrected chi connectivity index (χ1v) is 14.7. The van der Waals surface area contributed by atoms with Crippen LogP contribution >= 0.6 is 11.3 Å². The van der Waals surface area contributed by atoms with E-state index >= 15 is 0 Å². The van der Waals surface area contributed by atoms with Crippen LogP contribution in [0.5, 0.6) is 0 Å². The lowest BCUT2D eigenvalue weighted by molar-refractivity contribution is 0.0950. The Balaban J connectivity index is 1.14. The van der Waals surface area contributed by atoms with E-state index < -0.39 is 6.17 Å². The molecule has 6 nitrogen and oxygen atoms in total. The van der Waals surface area contributed by atoms with Gasteiger partial charge in [-0.15, -0.1) is 0 Å². The Labute approximate surface area is 227 Å². The van der Waals surface area contributed by atoms with E-state index in [0.717, 1.165) is 53.5 Å². The van der Waals surface area contributed by atoms with Crippen LogP contribution in [0.3, 0.4) is 0 Å². The van der Waals surface area contributed by atoms with Gasteiger partial charge in [-0.25, -0.2) is 9.37 Å². The molecule has 4 heterocycles. The molecule has 200 valence electrons. The second-order valence-corrected chi connectivity index (χ2v) is 11.9. The number of imidazole rings is 1. The average molecular weight is 534 g/mol. The fourth-order valence-electron chi connectivity index (χ4n) is 6.07. The number of nitrogens with zero attached hydrogens (tertiary/aromatic N) is 3. The first-order valence-electron chi connectivity index (χ1n) is 13.9. The average Bonchev–Trinajstić information content (AvgIpc) is 3.64. The number of amides is 1. The standard InChI is InChI=1S/C30H36FN5OS/c1-19-15-22(24-5-3-10-32-24)16-20(2)28(19)25-18-36-26-7-6-21(17-27(26)38-30(36)34-25)29(37)33-11-4-12-35-13-8-23(31)9-14-35/h6-7,15-18,23-24,32H,3-5,8-14H2,1-2H3,(H,33,37)/t24-/m0/s1. The van der Waals surface area contributed by atoms with Crippen LogP contribution in [-0.4, -0.2) is 59.1 Å². The first-order chi connectivity index (χ1) is 18.5. The summed E-state index contributed by atoms with van der Waals surface area (Å²) in [5.74, 6) is -0.0517. The van der Waals surface area contributed by atoms with Gasteiger partial charge >= 0.3 is 0 Å². The molecular weight excluding hydrogens is 497 g/mol. The Hall–Kier alpha value is -2.81. The molecule has 8 heteroatoms. The number of halogens is 1. The van der Waals surface area contributed by atoms with Crippen LogP contribution in [0.25, 0.3) is 26.4 Å². The minimum Gasteiger partial charge on any atom is -0.352 e. The molecule has 1 amide bonds. The zero-order chi connectivity index (χ0) is 26.2. The summed E-state index contributed by atoms with van der Waals surface area (Å²) in [5, 5.41) is 6.65. The van der Waals surface area contributed by atoms with E-state index in [9.17, 15) is 9.18 Å². The molecular formula is C30H36FN5OS. The summed E-state index contributed by atoms with van der Waals surface area (Å²) in [6.07, 6.45) is 6.04. The number of nitrogens with one attached hydrogen (secondary N) is 2. The minimum atomic E-state index is -0.647. The molecule has 0 spiro atoms. The molecule has 0 unspecified atom stereocenters. The highest BCUT2D eigenvalue weighted by molar-refractivity contribution is 7.23. The van der Waals surface area contributed by atoms with E-state index in [1.165, 1.54) is 35.1 Å². The van der Waals surface area contributed by atoms with E-state index in [1.54, 1.807) is 11.3 Å². The molecule has 4 aromatic rings. The van der Waals surface area contributed by atoms with E-state index in [0.29, 0.717) is 31.0 Å². The lowest BCUT2D eigenvalue weighted by Crippen LogP contribution is -2.36. The summed E-state index contributed by atoms with van der Waals surface area (Å²) in [4.78, 5) is 21.0. The number of piperidine rings is 1. The van der Waals surface area contributed by atoms with Gasteiger partial charge in [-0.3, -0.25) is 9.20 Å². The Morgan fingerprint density at radius 3 is 2.68 bits per heavy atom. The molecule has 0 saturated carbocycles. The summed E-state index contributed by atoms with van der Waals surface area (Å²) in [7, 11) is 0. The number of fused-ring (bicyclic) bond motifs is 3. The van der Waals surface area contributed by atoms with Gasteiger partial charge < -0.3 is 15.5 Å². The number of rotatable bonds is 7. The quantitative estimate of drug-likeness (QED) is 0.294. The number of hydrogen-bond acceptors (Lipinski definition) is 5. The summed E-state index contributed by atoms with van der Waals surface area (Å²) in [6, 6.07) is 11.0.